The van der Waals surface area contributed by atoms with E-state index in [-0.39, 0.29) is 0 Å². The monoisotopic (exact) mass is 428 g/mol. The molecule has 3 aromatic heterocycles. The highest BCUT2D eigenvalue weighted by molar-refractivity contribution is 5.88. The van der Waals surface area contributed by atoms with Crippen molar-refractivity contribution in [3.05, 3.63) is 60.0 Å². The minimum absolute atomic E-state index is 0.384. The molecule has 4 heterocycles. The fourth-order valence-electron chi connectivity index (χ4n) is 3.92. The van der Waals surface area contributed by atoms with E-state index < -0.39 is 6.10 Å². The molecule has 0 saturated carbocycles. The number of fused-ring (bicyclic) bond motifs is 1. The molecule has 1 aliphatic rings. The van der Waals surface area contributed by atoms with Gasteiger partial charge in [-0.15, -0.1) is 5.92 Å². The molecular weight excluding hydrogens is 404 g/mol. The number of aryl methyl sites for hydroxylation is 1. The van der Waals surface area contributed by atoms with Crippen LogP contribution in [0.1, 0.15) is 24.4 Å². The number of hydrogen-bond donors (Lipinski definition) is 1. The van der Waals surface area contributed by atoms with Gasteiger partial charge in [-0.1, -0.05) is 29.7 Å². The van der Waals surface area contributed by atoms with Crippen molar-refractivity contribution >= 4 is 16.8 Å². The highest BCUT2D eigenvalue weighted by atomic mass is 16.5. The Labute approximate surface area is 186 Å². The zero-order valence-corrected chi connectivity index (χ0v) is 18.1. The molecule has 5 rings (SSSR count). The maximum Gasteiger partial charge on any atom is 0.176 e. The largest absolute Gasteiger partial charge is 0.453 e. The van der Waals surface area contributed by atoms with E-state index in [1.165, 1.54) is 5.56 Å². The first-order valence-electron chi connectivity index (χ1n) is 10.6. The standard InChI is InChI=1S/C25H24N4O3/c1-3-5-22(30)23-15-20-25(32-23)21(28-10-12-31-13-11-28)16-24(26-20)29-9-8-19(27-29)18-7-4-6-17(2)14-18/h4,6-9,14-16,22,30H,10-13H2,1-2H3. The van der Waals surface area contributed by atoms with Crippen LogP contribution in [0.5, 0.6) is 0 Å². The normalized spacial score (nSPS) is 14.9. The molecule has 0 spiro atoms. The molecule has 162 valence electrons. The van der Waals surface area contributed by atoms with E-state index in [0.29, 0.717) is 35.9 Å². The van der Waals surface area contributed by atoms with Gasteiger partial charge in [-0.3, -0.25) is 0 Å². The molecule has 0 bridgehead atoms. The topological polar surface area (TPSA) is 76.6 Å². The maximum absolute atomic E-state index is 10.3. The Balaban J connectivity index is 1.60. The highest BCUT2D eigenvalue weighted by Gasteiger charge is 2.22. The Bertz CT molecular complexity index is 1320. The molecule has 32 heavy (non-hydrogen) atoms. The fourth-order valence-corrected chi connectivity index (χ4v) is 3.92. The van der Waals surface area contributed by atoms with Crippen molar-refractivity contribution in [2.45, 2.75) is 20.0 Å². The lowest BCUT2D eigenvalue weighted by molar-refractivity contribution is 0.122. The molecule has 0 radical (unpaired) electrons. The van der Waals surface area contributed by atoms with Crippen LogP contribution in [-0.4, -0.2) is 46.2 Å². The van der Waals surface area contributed by atoms with Gasteiger partial charge in [0.05, 0.1) is 24.6 Å². The number of rotatable bonds is 4. The molecule has 4 aromatic rings. The first kappa shape index (κ1) is 20.3. The average Bonchev–Trinajstić information content (AvgIpc) is 3.47. The lowest BCUT2D eigenvalue weighted by atomic mass is 10.1. The van der Waals surface area contributed by atoms with E-state index in [1.54, 1.807) is 17.7 Å². The summed E-state index contributed by atoms with van der Waals surface area (Å²) in [6.07, 6.45) is 0.917. The second-order valence-electron chi connectivity index (χ2n) is 7.77. The van der Waals surface area contributed by atoms with Crippen LogP contribution in [0.25, 0.3) is 28.2 Å². The van der Waals surface area contributed by atoms with Gasteiger partial charge in [0.15, 0.2) is 17.5 Å². The summed E-state index contributed by atoms with van der Waals surface area (Å²) in [5.41, 5.74) is 5.32. The number of aliphatic hydroxyl groups excluding tert-OH is 1. The summed E-state index contributed by atoms with van der Waals surface area (Å²) in [4.78, 5) is 6.99. The molecule has 1 aliphatic heterocycles. The van der Waals surface area contributed by atoms with Gasteiger partial charge in [-0.2, -0.15) is 5.10 Å². The molecule has 7 heteroatoms. The summed E-state index contributed by atoms with van der Waals surface area (Å²) in [5.74, 6) is 6.52. The molecule has 1 aromatic carbocycles. The van der Waals surface area contributed by atoms with E-state index in [4.69, 9.17) is 19.2 Å². The van der Waals surface area contributed by atoms with Gasteiger partial charge in [-0.05, 0) is 26.0 Å². The van der Waals surface area contributed by atoms with Gasteiger partial charge in [-0.25, -0.2) is 9.67 Å². The summed E-state index contributed by atoms with van der Waals surface area (Å²) in [7, 11) is 0. The molecule has 0 amide bonds. The van der Waals surface area contributed by atoms with Crippen LogP contribution in [0.3, 0.4) is 0 Å². The van der Waals surface area contributed by atoms with Crippen LogP contribution in [0.15, 0.2) is 53.1 Å². The van der Waals surface area contributed by atoms with Crippen molar-refractivity contribution in [1.82, 2.24) is 14.8 Å². The Morgan fingerprint density at radius 3 is 2.75 bits per heavy atom. The van der Waals surface area contributed by atoms with Gasteiger partial charge >= 0.3 is 0 Å². The van der Waals surface area contributed by atoms with Crippen molar-refractivity contribution < 1.29 is 14.3 Å². The molecule has 1 atom stereocenters. The van der Waals surface area contributed by atoms with Gasteiger partial charge < -0.3 is 19.2 Å². The predicted molar refractivity (Wildman–Crippen MR) is 123 cm³/mol. The third-order valence-electron chi connectivity index (χ3n) is 5.50. The Morgan fingerprint density at radius 2 is 1.97 bits per heavy atom. The van der Waals surface area contributed by atoms with Crippen LogP contribution in [0.4, 0.5) is 5.69 Å². The maximum atomic E-state index is 10.3. The molecule has 0 aliphatic carbocycles. The fraction of sp³-hybridized carbons (Fsp3) is 0.280. The number of ether oxygens (including phenoxy) is 1. The molecule has 1 fully saturated rings. The van der Waals surface area contributed by atoms with Crippen molar-refractivity contribution in [3.8, 4) is 28.9 Å². The van der Waals surface area contributed by atoms with Crippen molar-refractivity contribution in [3.63, 3.8) is 0 Å². The Morgan fingerprint density at radius 1 is 1.12 bits per heavy atom. The molecule has 1 unspecified atom stereocenters. The van der Waals surface area contributed by atoms with Crippen molar-refractivity contribution in [2.75, 3.05) is 31.2 Å². The number of aromatic nitrogens is 3. The van der Waals surface area contributed by atoms with Crippen LogP contribution in [0, 0.1) is 18.8 Å². The average molecular weight is 428 g/mol. The summed E-state index contributed by atoms with van der Waals surface area (Å²) in [6, 6.07) is 14.0. The number of pyridine rings is 1. The Kier molecular flexibility index (Phi) is 5.39. The smallest absolute Gasteiger partial charge is 0.176 e. The first-order valence-corrected chi connectivity index (χ1v) is 10.6. The summed E-state index contributed by atoms with van der Waals surface area (Å²) in [6.45, 7) is 6.55. The van der Waals surface area contributed by atoms with E-state index in [0.717, 1.165) is 30.0 Å². The summed E-state index contributed by atoms with van der Waals surface area (Å²) >= 11 is 0. The molecular formula is C25H24N4O3. The lowest BCUT2D eigenvalue weighted by Gasteiger charge is -2.29. The highest BCUT2D eigenvalue weighted by Crippen LogP contribution is 2.33. The van der Waals surface area contributed by atoms with Crippen LogP contribution >= 0.6 is 0 Å². The van der Waals surface area contributed by atoms with Crippen molar-refractivity contribution in [2.24, 2.45) is 0 Å². The quantitative estimate of drug-likeness (QED) is 0.497. The van der Waals surface area contributed by atoms with E-state index >= 15 is 0 Å². The van der Waals surface area contributed by atoms with Gasteiger partial charge in [0.1, 0.15) is 11.3 Å². The summed E-state index contributed by atoms with van der Waals surface area (Å²) < 4.78 is 13.3. The Hall–Kier alpha value is -3.60. The zero-order chi connectivity index (χ0) is 22.1. The number of morpholine rings is 1. The molecule has 1 saturated heterocycles. The van der Waals surface area contributed by atoms with E-state index in [9.17, 15) is 5.11 Å². The predicted octanol–water partition coefficient (Wildman–Crippen LogP) is 3.88. The molecule has 7 nitrogen and oxygen atoms in total. The number of furan rings is 1. The van der Waals surface area contributed by atoms with Gasteiger partial charge in [0.25, 0.3) is 0 Å². The zero-order valence-electron chi connectivity index (χ0n) is 18.1. The minimum Gasteiger partial charge on any atom is -0.453 e. The number of aliphatic hydroxyl groups is 1. The first-order chi connectivity index (χ1) is 15.6. The van der Waals surface area contributed by atoms with Gasteiger partial charge in [0, 0.05) is 37.0 Å². The third-order valence-corrected chi connectivity index (χ3v) is 5.50. The van der Waals surface area contributed by atoms with Crippen molar-refractivity contribution in [1.29, 1.82) is 0 Å². The third kappa shape index (κ3) is 3.86. The number of nitrogens with zero attached hydrogens (tertiary/aromatic N) is 4. The number of anilines is 1. The summed E-state index contributed by atoms with van der Waals surface area (Å²) in [5, 5.41) is 15.1. The second-order valence-corrected chi connectivity index (χ2v) is 7.77. The lowest BCUT2D eigenvalue weighted by Crippen LogP contribution is -2.36. The van der Waals surface area contributed by atoms with Gasteiger partial charge in [0.2, 0.25) is 0 Å². The second kappa shape index (κ2) is 8.50. The van der Waals surface area contributed by atoms with E-state index in [1.807, 2.05) is 30.5 Å². The number of benzene rings is 1. The molecule has 1 N–H and O–H groups in total. The SMILES string of the molecule is CC#CC(O)c1cc2nc(-n3ccc(-c4cccc(C)c4)n3)cc(N3CCOCC3)c2o1. The van der Waals surface area contributed by atoms with Crippen LogP contribution in [0.2, 0.25) is 0 Å². The minimum atomic E-state index is -0.993. The van der Waals surface area contributed by atoms with Crippen LogP contribution < -0.4 is 4.90 Å². The van der Waals surface area contributed by atoms with Crippen LogP contribution in [-0.2, 0) is 4.74 Å². The number of hydrogen-bond acceptors (Lipinski definition) is 6. The van der Waals surface area contributed by atoms with E-state index in [2.05, 4.69) is 35.8 Å².